The first-order valence-electron chi connectivity index (χ1n) is 10.3. The van der Waals surface area contributed by atoms with Crippen molar-refractivity contribution < 1.29 is 18.7 Å². The number of ether oxygens (including phenoxy) is 1. The maximum absolute atomic E-state index is 13.0. The van der Waals surface area contributed by atoms with Gasteiger partial charge in [0.25, 0.3) is 0 Å². The first kappa shape index (κ1) is 24.0. The third kappa shape index (κ3) is 5.67. The highest BCUT2D eigenvalue weighted by atomic mass is 35.5. The van der Waals surface area contributed by atoms with E-state index in [9.17, 15) is 14.0 Å². The van der Waals surface area contributed by atoms with Crippen molar-refractivity contribution in [1.29, 1.82) is 0 Å². The van der Waals surface area contributed by atoms with Gasteiger partial charge >= 0.3 is 5.97 Å². The summed E-state index contributed by atoms with van der Waals surface area (Å²) in [5, 5.41) is 0. The Labute approximate surface area is 183 Å². The molecular weight excluding hydrogens is 405 g/mol. The summed E-state index contributed by atoms with van der Waals surface area (Å²) in [6.07, 6.45) is 2.60. The van der Waals surface area contributed by atoms with Crippen molar-refractivity contribution in [1.82, 2.24) is 4.90 Å². The molecule has 6 heteroatoms. The summed E-state index contributed by atoms with van der Waals surface area (Å²) in [6, 6.07) is 15.6. The molecule has 0 N–H and O–H groups in total. The lowest BCUT2D eigenvalue weighted by Crippen LogP contribution is -2.48. The first-order valence-corrected chi connectivity index (χ1v) is 10.3. The largest absolute Gasteiger partial charge is 0.465 e. The molecule has 0 radical (unpaired) electrons. The average Bonchev–Trinajstić information content (AvgIpc) is 2.75. The molecule has 30 heavy (non-hydrogen) atoms. The summed E-state index contributed by atoms with van der Waals surface area (Å²) in [7, 11) is 0. The van der Waals surface area contributed by atoms with Crippen LogP contribution < -0.4 is 0 Å². The number of rotatable bonds is 8. The quantitative estimate of drug-likeness (QED) is 0.443. The first-order chi connectivity index (χ1) is 14.0. The summed E-state index contributed by atoms with van der Waals surface area (Å²) in [5.41, 5.74) is 0.984. The second-order valence-electron chi connectivity index (χ2n) is 7.54. The topological polar surface area (TPSA) is 46.6 Å². The lowest BCUT2D eigenvalue weighted by molar-refractivity contribution is -0.152. The molecule has 2 aromatic carbocycles. The number of benzene rings is 2. The second-order valence-corrected chi connectivity index (χ2v) is 7.54. The molecule has 0 bridgehead atoms. The van der Waals surface area contributed by atoms with Crippen molar-refractivity contribution >= 4 is 24.2 Å². The van der Waals surface area contributed by atoms with Crippen LogP contribution in [-0.4, -0.2) is 42.9 Å². The highest BCUT2D eigenvalue weighted by Gasteiger charge is 2.44. The van der Waals surface area contributed by atoms with Crippen LogP contribution in [0.25, 0.3) is 0 Å². The Hall–Kier alpha value is -2.24. The molecule has 1 heterocycles. The Balaban J connectivity index is 0.00000320. The molecule has 1 aliphatic rings. The number of likely N-dealkylation sites (tertiary alicyclic amines) is 1. The number of ketones is 1. The molecule has 0 amide bonds. The molecule has 162 valence electrons. The van der Waals surface area contributed by atoms with Crippen molar-refractivity contribution in [2.45, 2.75) is 38.0 Å². The molecule has 1 saturated heterocycles. The van der Waals surface area contributed by atoms with Gasteiger partial charge in [-0.25, -0.2) is 4.39 Å². The van der Waals surface area contributed by atoms with Crippen LogP contribution in [0, 0.1) is 5.82 Å². The molecule has 0 unspecified atom stereocenters. The zero-order valence-corrected chi connectivity index (χ0v) is 18.1. The standard InChI is InChI=1S/C24H28FNO3.ClH/c1-2-29-23(28)24(20-7-4-3-5-8-20)14-17-26(18-15-24)16-6-9-22(27)19-10-12-21(25)13-11-19;/h3-5,7-8,10-13H,2,6,9,14-18H2,1H3;1H. The van der Waals surface area contributed by atoms with Gasteiger partial charge in [-0.2, -0.15) is 0 Å². The molecule has 0 aliphatic carbocycles. The van der Waals surface area contributed by atoms with Crippen LogP contribution in [0.4, 0.5) is 4.39 Å². The molecule has 0 spiro atoms. The van der Waals surface area contributed by atoms with E-state index in [1.807, 2.05) is 37.3 Å². The Bertz CT molecular complexity index is 818. The maximum atomic E-state index is 13.0. The molecule has 0 atom stereocenters. The zero-order chi connectivity index (χ0) is 20.7. The van der Waals surface area contributed by atoms with E-state index >= 15 is 0 Å². The molecule has 1 fully saturated rings. The van der Waals surface area contributed by atoms with Gasteiger partial charge in [-0.15, -0.1) is 12.4 Å². The van der Waals surface area contributed by atoms with Gasteiger partial charge in [0.2, 0.25) is 0 Å². The highest BCUT2D eigenvalue weighted by molar-refractivity contribution is 5.95. The molecule has 0 saturated carbocycles. The summed E-state index contributed by atoms with van der Waals surface area (Å²) < 4.78 is 18.4. The van der Waals surface area contributed by atoms with Crippen LogP contribution in [0.2, 0.25) is 0 Å². The van der Waals surface area contributed by atoms with Crippen molar-refractivity contribution in [2.24, 2.45) is 0 Å². The van der Waals surface area contributed by atoms with E-state index in [2.05, 4.69) is 4.90 Å². The van der Waals surface area contributed by atoms with Gasteiger partial charge < -0.3 is 9.64 Å². The van der Waals surface area contributed by atoms with E-state index in [1.165, 1.54) is 24.3 Å². The predicted octanol–water partition coefficient (Wildman–Crippen LogP) is 4.81. The number of carbonyl (C=O) groups is 2. The summed E-state index contributed by atoms with van der Waals surface area (Å²) in [4.78, 5) is 27.3. The number of Topliss-reactive ketones (excluding diaryl/α,β-unsaturated/α-hetero) is 1. The van der Waals surface area contributed by atoms with Crippen LogP contribution in [0.1, 0.15) is 48.5 Å². The Morgan fingerprint density at radius 1 is 1.03 bits per heavy atom. The summed E-state index contributed by atoms with van der Waals surface area (Å²) >= 11 is 0. The highest BCUT2D eigenvalue weighted by Crippen LogP contribution is 2.37. The zero-order valence-electron chi connectivity index (χ0n) is 17.3. The normalized spacial score (nSPS) is 15.8. The van der Waals surface area contributed by atoms with Crippen molar-refractivity contribution in [2.75, 3.05) is 26.2 Å². The fourth-order valence-corrected chi connectivity index (χ4v) is 4.04. The van der Waals surface area contributed by atoms with Crippen LogP contribution >= 0.6 is 12.4 Å². The fourth-order valence-electron chi connectivity index (χ4n) is 4.04. The fraction of sp³-hybridized carbons (Fsp3) is 0.417. The summed E-state index contributed by atoms with van der Waals surface area (Å²) in [6.45, 7) is 4.60. The molecule has 2 aromatic rings. The van der Waals surface area contributed by atoms with Gasteiger partial charge in [-0.3, -0.25) is 9.59 Å². The predicted molar refractivity (Wildman–Crippen MR) is 118 cm³/mol. The molecule has 1 aliphatic heterocycles. The minimum atomic E-state index is -0.586. The lowest BCUT2D eigenvalue weighted by atomic mass is 9.72. The number of piperidine rings is 1. The lowest BCUT2D eigenvalue weighted by Gasteiger charge is -2.40. The van der Waals surface area contributed by atoms with Gasteiger partial charge in [-0.1, -0.05) is 30.3 Å². The van der Waals surface area contributed by atoms with Gasteiger partial charge in [-0.05, 0) is 75.6 Å². The number of nitrogens with zero attached hydrogens (tertiary/aromatic N) is 1. The van der Waals surface area contributed by atoms with Gasteiger partial charge in [0, 0.05) is 12.0 Å². The minimum Gasteiger partial charge on any atom is -0.465 e. The van der Waals surface area contributed by atoms with E-state index in [4.69, 9.17) is 4.74 Å². The van der Waals surface area contributed by atoms with E-state index < -0.39 is 5.41 Å². The van der Waals surface area contributed by atoms with E-state index in [0.29, 0.717) is 31.4 Å². The Morgan fingerprint density at radius 2 is 1.67 bits per heavy atom. The van der Waals surface area contributed by atoms with Crippen molar-refractivity contribution in [3.8, 4) is 0 Å². The van der Waals surface area contributed by atoms with Crippen LogP contribution in [-0.2, 0) is 14.9 Å². The number of esters is 1. The summed E-state index contributed by atoms with van der Waals surface area (Å²) in [5.74, 6) is -0.442. The molecule has 4 nitrogen and oxygen atoms in total. The molecule has 3 rings (SSSR count). The van der Waals surface area contributed by atoms with Crippen LogP contribution in [0.3, 0.4) is 0 Å². The number of halogens is 2. The third-order valence-electron chi connectivity index (χ3n) is 5.75. The third-order valence-corrected chi connectivity index (χ3v) is 5.75. The molecular formula is C24H29ClFNO3. The molecule has 0 aromatic heterocycles. The number of hydrogen-bond donors (Lipinski definition) is 0. The van der Waals surface area contributed by atoms with Gasteiger partial charge in [0.1, 0.15) is 5.82 Å². The SMILES string of the molecule is CCOC(=O)C1(c2ccccc2)CCN(CCCC(=O)c2ccc(F)cc2)CC1.Cl. The Morgan fingerprint density at radius 3 is 2.27 bits per heavy atom. The van der Waals surface area contributed by atoms with Crippen LogP contribution in [0.5, 0.6) is 0 Å². The van der Waals surface area contributed by atoms with Gasteiger partial charge in [0.05, 0.1) is 12.0 Å². The average molecular weight is 434 g/mol. The number of hydrogen-bond acceptors (Lipinski definition) is 4. The van der Waals surface area contributed by atoms with Gasteiger partial charge in [0.15, 0.2) is 5.78 Å². The Kier molecular flexibility index (Phi) is 9.00. The van der Waals surface area contributed by atoms with Crippen LogP contribution in [0.15, 0.2) is 54.6 Å². The maximum Gasteiger partial charge on any atom is 0.316 e. The van der Waals surface area contributed by atoms with E-state index in [0.717, 1.165) is 31.6 Å². The van der Waals surface area contributed by atoms with Crippen molar-refractivity contribution in [3.63, 3.8) is 0 Å². The second kappa shape index (κ2) is 11.2. The number of carbonyl (C=O) groups excluding carboxylic acids is 2. The smallest absolute Gasteiger partial charge is 0.316 e. The van der Waals surface area contributed by atoms with Crippen molar-refractivity contribution in [3.05, 3.63) is 71.5 Å². The van der Waals surface area contributed by atoms with E-state index in [1.54, 1.807) is 0 Å². The minimum absolute atomic E-state index is 0. The van der Waals surface area contributed by atoms with E-state index in [-0.39, 0.29) is 30.0 Å². The monoisotopic (exact) mass is 433 g/mol.